The number of allylic oxidation sites excluding steroid dienone is 1. The summed E-state index contributed by atoms with van der Waals surface area (Å²) in [5.74, 6) is 0. The van der Waals surface area contributed by atoms with Gasteiger partial charge in [0.2, 0.25) is 0 Å². The van der Waals surface area contributed by atoms with Gasteiger partial charge in [0.1, 0.15) is 6.34 Å². The average molecular weight is 253 g/mol. The van der Waals surface area contributed by atoms with E-state index in [1.165, 1.54) is 6.34 Å². The van der Waals surface area contributed by atoms with Crippen molar-refractivity contribution in [3.63, 3.8) is 0 Å². The second-order valence-corrected chi connectivity index (χ2v) is 5.22. The number of aliphatic imine (C=N–C) groups is 1. The molecule has 18 heavy (non-hydrogen) atoms. The van der Waals surface area contributed by atoms with E-state index in [1.54, 1.807) is 0 Å². The Morgan fingerprint density at radius 3 is 3.00 bits per heavy atom. The van der Waals surface area contributed by atoms with E-state index in [1.807, 2.05) is 36.4 Å². The predicted octanol–water partition coefficient (Wildman–Crippen LogP) is 2.08. The van der Waals surface area contributed by atoms with Crippen LogP contribution in [-0.4, -0.2) is 21.2 Å². The zero-order valence-electron chi connectivity index (χ0n) is 9.20. The van der Waals surface area contributed by atoms with Gasteiger partial charge >= 0.3 is 0 Å². The Hall–Kier alpha value is -2.14. The normalized spacial score (nSPS) is 20.3. The summed E-state index contributed by atoms with van der Waals surface area (Å²) in [4.78, 5) is 9.43. The number of benzene rings is 1. The first-order valence-corrected chi connectivity index (χ1v) is 6.58. The van der Waals surface area contributed by atoms with Crippen LogP contribution >= 0.6 is 0 Å². The second-order valence-electron chi connectivity index (χ2n) is 4.07. The van der Waals surface area contributed by atoms with Gasteiger partial charge in [-0.3, -0.25) is 0 Å². The third kappa shape index (κ3) is 1.25. The topological polar surface area (TPSA) is 54.7 Å². The zero-order chi connectivity index (χ0) is 12.1. The lowest BCUT2D eigenvalue weighted by atomic mass is 10.1. The smallest absolute Gasteiger partial charge is 0.176 e. The highest BCUT2D eigenvalue weighted by atomic mass is 32.2. The Labute approximate surface area is 105 Å². The van der Waals surface area contributed by atoms with Gasteiger partial charge < -0.3 is 0 Å². The van der Waals surface area contributed by atoms with Crippen LogP contribution in [0.5, 0.6) is 0 Å². The molecule has 4 rings (SSSR count). The highest BCUT2D eigenvalue weighted by Gasteiger charge is 2.27. The van der Waals surface area contributed by atoms with E-state index in [0.717, 1.165) is 27.9 Å². The fraction of sp³-hybridized carbons (Fsp3) is 0. The van der Waals surface area contributed by atoms with E-state index < -0.39 is 11.0 Å². The highest BCUT2D eigenvalue weighted by molar-refractivity contribution is 7.89. The second kappa shape index (κ2) is 3.43. The van der Waals surface area contributed by atoms with Crippen molar-refractivity contribution < 1.29 is 4.21 Å². The molecule has 5 heteroatoms. The number of fused-ring (bicyclic) bond motifs is 4. The van der Waals surface area contributed by atoms with Crippen LogP contribution in [0.4, 0.5) is 0 Å². The molecule has 0 saturated heterocycles. The van der Waals surface area contributed by atoms with Crippen LogP contribution in [0.25, 0.3) is 17.0 Å². The Morgan fingerprint density at radius 2 is 2.06 bits per heavy atom. The molecule has 0 N–H and O–H groups in total. The van der Waals surface area contributed by atoms with Crippen molar-refractivity contribution in [1.29, 1.82) is 0 Å². The molecule has 0 fully saturated rings. The van der Waals surface area contributed by atoms with Crippen molar-refractivity contribution >= 4 is 40.0 Å². The lowest BCUT2D eigenvalue weighted by Crippen LogP contribution is -2.09. The van der Waals surface area contributed by atoms with Gasteiger partial charge in [0.15, 0.2) is 11.0 Å². The van der Waals surface area contributed by atoms with E-state index in [0.29, 0.717) is 4.91 Å². The average Bonchev–Trinajstić information content (AvgIpc) is 2.76. The number of hydrogen-bond acceptors (Lipinski definition) is 3. The van der Waals surface area contributed by atoms with Crippen molar-refractivity contribution in [2.75, 3.05) is 0 Å². The molecular formula is C13H7N3OS. The van der Waals surface area contributed by atoms with E-state index in [4.69, 9.17) is 0 Å². The lowest BCUT2D eigenvalue weighted by molar-refractivity contribution is 0.689. The summed E-state index contributed by atoms with van der Waals surface area (Å²) < 4.78 is 15.6. The number of nitrogens with zero attached hydrogens (tertiary/aromatic N) is 3. The number of rotatable bonds is 0. The zero-order valence-corrected chi connectivity index (χ0v) is 10.0. The van der Waals surface area contributed by atoms with Gasteiger partial charge in [0.05, 0.1) is 21.8 Å². The predicted molar refractivity (Wildman–Crippen MR) is 72.9 cm³/mol. The molecule has 0 spiro atoms. The summed E-state index contributed by atoms with van der Waals surface area (Å²) in [6.07, 6.45) is 3.17. The van der Waals surface area contributed by atoms with Crippen LogP contribution in [-0.2, 0) is 11.0 Å². The summed E-state index contributed by atoms with van der Waals surface area (Å²) in [6, 6.07) is 9.94. The van der Waals surface area contributed by atoms with Crippen molar-refractivity contribution in [2.24, 2.45) is 9.39 Å². The SMILES string of the molecule is O=S1N=CN=C2C1=Cc1nc3ccccc3cc12. The molecule has 2 aliphatic rings. The fourth-order valence-electron chi connectivity index (χ4n) is 2.20. The molecular weight excluding hydrogens is 246 g/mol. The number of aromatic nitrogens is 1. The Balaban J connectivity index is 2.05. The minimum absolute atomic E-state index is 0.648. The molecule has 86 valence electrons. The van der Waals surface area contributed by atoms with E-state index >= 15 is 0 Å². The van der Waals surface area contributed by atoms with Crippen molar-refractivity contribution in [3.05, 3.63) is 46.5 Å². The van der Waals surface area contributed by atoms with Crippen LogP contribution in [0.3, 0.4) is 0 Å². The molecule has 1 aliphatic heterocycles. The summed E-state index contributed by atoms with van der Waals surface area (Å²) in [5.41, 5.74) is 3.42. The van der Waals surface area contributed by atoms with Gasteiger partial charge in [-0.05, 0) is 18.2 Å². The number of para-hydroxylation sites is 1. The third-order valence-electron chi connectivity index (χ3n) is 3.03. The van der Waals surface area contributed by atoms with Gasteiger partial charge in [-0.15, -0.1) is 0 Å². The Morgan fingerprint density at radius 1 is 1.17 bits per heavy atom. The molecule has 1 aliphatic carbocycles. The van der Waals surface area contributed by atoms with Gasteiger partial charge in [-0.25, -0.2) is 14.2 Å². The van der Waals surface area contributed by atoms with Gasteiger partial charge in [0.25, 0.3) is 0 Å². The maximum atomic E-state index is 11.8. The van der Waals surface area contributed by atoms with E-state index in [-0.39, 0.29) is 0 Å². The highest BCUT2D eigenvalue weighted by Crippen LogP contribution is 2.30. The molecule has 2 aromatic rings. The van der Waals surface area contributed by atoms with Gasteiger partial charge in [0, 0.05) is 10.9 Å². The van der Waals surface area contributed by atoms with Gasteiger partial charge in [-0.2, -0.15) is 4.40 Å². The maximum Gasteiger partial charge on any atom is 0.176 e. The largest absolute Gasteiger partial charge is 0.248 e. The fourth-order valence-corrected chi connectivity index (χ4v) is 2.99. The van der Waals surface area contributed by atoms with Crippen LogP contribution in [0.2, 0.25) is 0 Å². The summed E-state index contributed by atoms with van der Waals surface area (Å²) in [7, 11) is -1.35. The molecule has 0 saturated carbocycles. The molecule has 1 atom stereocenters. The van der Waals surface area contributed by atoms with Crippen LogP contribution in [0.1, 0.15) is 11.3 Å². The molecule has 0 radical (unpaired) electrons. The minimum Gasteiger partial charge on any atom is -0.248 e. The monoisotopic (exact) mass is 253 g/mol. The summed E-state index contributed by atoms with van der Waals surface area (Å²) in [6.45, 7) is 0. The standard InChI is InChI=1S/C13H7N3OS/c17-18-12-6-11-9(13(12)14-7-15-18)5-8-3-1-2-4-10(8)16-11/h1-7H. The maximum absolute atomic E-state index is 11.8. The minimum atomic E-state index is -1.35. The molecule has 0 bridgehead atoms. The van der Waals surface area contributed by atoms with Crippen LogP contribution < -0.4 is 0 Å². The van der Waals surface area contributed by atoms with Crippen LogP contribution in [0, 0.1) is 0 Å². The molecule has 0 amide bonds. The molecule has 1 aromatic carbocycles. The Kier molecular flexibility index (Phi) is 1.87. The molecule has 1 aromatic heterocycles. The lowest BCUT2D eigenvalue weighted by Gasteiger charge is -2.06. The molecule has 2 heterocycles. The number of pyridine rings is 1. The van der Waals surface area contributed by atoms with Crippen LogP contribution in [0.15, 0.2) is 44.6 Å². The quantitative estimate of drug-likeness (QED) is 0.721. The summed E-state index contributed by atoms with van der Waals surface area (Å²) in [5, 5.41) is 1.06. The van der Waals surface area contributed by atoms with Gasteiger partial charge in [-0.1, -0.05) is 18.2 Å². The summed E-state index contributed by atoms with van der Waals surface area (Å²) >= 11 is 0. The molecule has 4 nitrogen and oxygen atoms in total. The van der Waals surface area contributed by atoms with Crippen molar-refractivity contribution in [3.8, 4) is 0 Å². The van der Waals surface area contributed by atoms with E-state index in [9.17, 15) is 4.21 Å². The van der Waals surface area contributed by atoms with Crippen molar-refractivity contribution in [2.45, 2.75) is 0 Å². The third-order valence-corrected chi connectivity index (χ3v) is 4.00. The van der Waals surface area contributed by atoms with E-state index in [2.05, 4.69) is 14.4 Å². The first-order chi connectivity index (χ1) is 8.83. The number of hydrogen-bond donors (Lipinski definition) is 0. The first kappa shape index (κ1) is 9.85. The first-order valence-electron chi connectivity index (χ1n) is 5.47. The Bertz CT molecular complexity index is 805. The van der Waals surface area contributed by atoms with Crippen molar-refractivity contribution in [1.82, 2.24) is 4.98 Å². The molecule has 1 unspecified atom stereocenters.